The predicted octanol–water partition coefficient (Wildman–Crippen LogP) is 2.44. The predicted molar refractivity (Wildman–Crippen MR) is 78.0 cm³/mol. The van der Waals surface area contributed by atoms with Crippen LogP contribution in [0, 0.1) is 17.6 Å². The molecule has 0 spiro atoms. The van der Waals surface area contributed by atoms with Crippen LogP contribution in [0.5, 0.6) is 5.75 Å². The minimum absolute atomic E-state index is 0.0456. The summed E-state index contributed by atoms with van der Waals surface area (Å²) in [6, 6.07) is 2.59. The summed E-state index contributed by atoms with van der Waals surface area (Å²) in [6.45, 7) is 3.65. The summed E-state index contributed by atoms with van der Waals surface area (Å²) in [4.78, 5) is 25.2. The van der Waals surface area contributed by atoms with E-state index < -0.39 is 35.7 Å². The number of halogens is 2. The number of rotatable bonds is 4. The topological polar surface area (TPSA) is 66.8 Å². The van der Waals surface area contributed by atoms with Crippen molar-refractivity contribution < 1.29 is 28.2 Å². The Hall–Kier alpha value is -2.18. The fourth-order valence-corrected chi connectivity index (χ4v) is 2.82. The standard InChI is InChI=1S/C16H19F2NO4/c1-9-12(16(21)22)4-3-7-19(9)15(20)10(2)23-11-5-6-13(17)14(18)8-11/h5-6,8-10,12H,3-4,7H2,1-2H3,(H,21,22)/t9-,10?,12-/m0/s1. The molecule has 1 aromatic rings. The molecular weight excluding hydrogens is 308 g/mol. The number of aliphatic carboxylic acids is 1. The molecule has 1 heterocycles. The number of piperidine rings is 1. The summed E-state index contributed by atoms with van der Waals surface area (Å²) in [5.74, 6) is -3.91. The largest absolute Gasteiger partial charge is 0.481 e. The molecule has 1 aromatic carbocycles. The molecule has 1 N–H and O–H groups in total. The number of carboxylic acids is 1. The van der Waals surface area contributed by atoms with Crippen molar-refractivity contribution >= 4 is 11.9 Å². The molecule has 1 amide bonds. The Kier molecular flexibility index (Phi) is 5.18. The molecule has 1 aliphatic heterocycles. The normalized spacial score (nSPS) is 22.5. The number of carboxylic acid groups (broad SMARTS) is 1. The van der Waals surface area contributed by atoms with Gasteiger partial charge in [-0.1, -0.05) is 0 Å². The van der Waals surface area contributed by atoms with Crippen LogP contribution in [-0.2, 0) is 9.59 Å². The summed E-state index contributed by atoms with van der Waals surface area (Å²) < 4.78 is 31.4. The van der Waals surface area contributed by atoms with E-state index in [0.717, 1.165) is 12.1 Å². The lowest BCUT2D eigenvalue weighted by Gasteiger charge is -2.38. The minimum atomic E-state index is -1.06. The molecule has 0 aliphatic carbocycles. The van der Waals surface area contributed by atoms with E-state index in [-0.39, 0.29) is 11.7 Å². The highest BCUT2D eigenvalue weighted by Gasteiger charge is 2.37. The lowest BCUT2D eigenvalue weighted by Crippen LogP contribution is -2.52. The second-order valence-corrected chi connectivity index (χ2v) is 5.70. The third kappa shape index (κ3) is 3.78. The Bertz CT molecular complexity index is 608. The van der Waals surface area contributed by atoms with Crippen LogP contribution in [0.15, 0.2) is 18.2 Å². The number of hydrogen-bond acceptors (Lipinski definition) is 3. The third-order valence-electron chi connectivity index (χ3n) is 4.14. The molecule has 1 aliphatic rings. The molecule has 0 saturated carbocycles. The average molecular weight is 327 g/mol. The number of amides is 1. The molecule has 3 atom stereocenters. The van der Waals surface area contributed by atoms with Crippen LogP contribution in [0.2, 0.25) is 0 Å². The number of carbonyl (C=O) groups excluding carboxylic acids is 1. The minimum Gasteiger partial charge on any atom is -0.481 e. The number of carbonyl (C=O) groups is 2. The molecule has 1 fully saturated rings. The first kappa shape index (κ1) is 17.2. The van der Waals surface area contributed by atoms with Gasteiger partial charge in [0, 0.05) is 18.7 Å². The van der Waals surface area contributed by atoms with Gasteiger partial charge in [0.1, 0.15) is 5.75 Å². The van der Waals surface area contributed by atoms with Gasteiger partial charge in [-0.15, -0.1) is 0 Å². The van der Waals surface area contributed by atoms with E-state index in [2.05, 4.69) is 0 Å². The Morgan fingerprint density at radius 1 is 1.35 bits per heavy atom. The van der Waals surface area contributed by atoms with Gasteiger partial charge in [-0.2, -0.15) is 0 Å². The van der Waals surface area contributed by atoms with Crippen LogP contribution in [0.3, 0.4) is 0 Å². The first-order valence-electron chi connectivity index (χ1n) is 7.46. The van der Waals surface area contributed by atoms with E-state index in [1.165, 1.54) is 17.9 Å². The summed E-state index contributed by atoms with van der Waals surface area (Å²) in [7, 11) is 0. The van der Waals surface area contributed by atoms with Crippen molar-refractivity contribution in [1.29, 1.82) is 0 Å². The molecule has 1 unspecified atom stereocenters. The van der Waals surface area contributed by atoms with E-state index in [4.69, 9.17) is 4.74 Å². The van der Waals surface area contributed by atoms with Gasteiger partial charge in [0.05, 0.1) is 5.92 Å². The van der Waals surface area contributed by atoms with Crippen molar-refractivity contribution in [2.24, 2.45) is 5.92 Å². The van der Waals surface area contributed by atoms with Crippen molar-refractivity contribution in [3.8, 4) is 5.75 Å². The van der Waals surface area contributed by atoms with Crippen LogP contribution in [-0.4, -0.2) is 40.6 Å². The summed E-state index contributed by atoms with van der Waals surface area (Å²) in [5, 5.41) is 9.19. The van der Waals surface area contributed by atoms with Crippen LogP contribution < -0.4 is 4.74 Å². The van der Waals surface area contributed by atoms with Gasteiger partial charge in [0.15, 0.2) is 17.7 Å². The summed E-state index contributed by atoms with van der Waals surface area (Å²) in [6.07, 6.45) is 0.207. The lowest BCUT2D eigenvalue weighted by molar-refractivity contribution is -0.151. The Morgan fingerprint density at radius 3 is 2.65 bits per heavy atom. The fraction of sp³-hybridized carbons (Fsp3) is 0.500. The molecule has 2 rings (SSSR count). The van der Waals surface area contributed by atoms with Crippen molar-refractivity contribution in [3.05, 3.63) is 29.8 Å². The molecule has 126 valence electrons. The fourth-order valence-electron chi connectivity index (χ4n) is 2.82. The van der Waals surface area contributed by atoms with E-state index in [0.29, 0.717) is 19.4 Å². The van der Waals surface area contributed by atoms with Crippen molar-refractivity contribution in [2.75, 3.05) is 6.54 Å². The van der Waals surface area contributed by atoms with Crippen LogP contribution in [0.4, 0.5) is 8.78 Å². The van der Waals surface area contributed by atoms with Crippen molar-refractivity contribution in [3.63, 3.8) is 0 Å². The number of nitrogens with zero attached hydrogens (tertiary/aromatic N) is 1. The highest BCUT2D eigenvalue weighted by atomic mass is 19.2. The molecule has 5 nitrogen and oxygen atoms in total. The smallest absolute Gasteiger partial charge is 0.308 e. The van der Waals surface area contributed by atoms with E-state index in [1.54, 1.807) is 6.92 Å². The van der Waals surface area contributed by atoms with Crippen LogP contribution in [0.25, 0.3) is 0 Å². The molecule has 0 aromatic heterocycles. The number of hydrogen-bond donors (Lipinski definition) is 1. The number of benzene rings is 1. The summed E-state index contributed by atoms with van der Waals surface area (Å²) in [5.41, 5.74) is 0. The zero-order chi connectivity index (χ0) is 17.1. The van der Waals surface area contributed by atoms with Gasteiger partial charge in [-0.05, 0) is 38.8 Å². The Labute approximate surface area is 132 Å². The maximum Gasteiger partial charge on any atom is 0.308 e. The Balaban J connectivity index is 2.06. The van der Waals surface area contributed by atoms with E-state index in [9.17, 15) is 23.5 Å². The monoisotopic (exact) mass is 327 g/mol. The van der Waals surface area contributed by atoms with Gasteiger partial charge in [-0.3, -0.25) is 9.59 Å². The first-order chi connectivity index (χ1) is 10.8. The van der Waals surface area contributed by atoms with Crippen LogP contribution >= 0.6 is 0 Å². The SMILES string of the molecule is CC(Oc1ccc(F)c(F)c1)C(=O)N1CCC[C@H](C(=O)O)[C@@H]1C. The summed E-state index contributed by atoms with van der Waals surface area (Å²) >= 11 is 0. The van der Waals surface area contributed by atoms with Gasteiger partial charge in [0.25, 0.3) is 5.91 Å². The average Bonchev–Trinajstić information content (AvgIpc) is 2.50. The van der Waals surface area contributed by atoms with Crippen molar-refractivity contribution in [1.82, 2.24) is 4.90 Å². The highest BCUT2D eigenvalue weighted by Crippen LogP contribution is 2.25. The highest BCUT2D eigenvalue weighted by molar-refractivity contribution is 5.82. The first-order valence-corrected chi connectivity index (χ1v) is 7.46. The van der Waals surface area contributed by atoms with Gasteiger partial charge >= 0.3 is 5.97 Å². The van der Waals surface area contributed by atoms with Gasteiger partial charge in [0.2, 0.25) is 0 Å². The second-order valence-electron chi connectivity index (χ2n) is 5.70. The van der Waals surface area contributed by atoms with Crippen LogP contribution in [0.1, 0.15) is 26.7 Å². The van der Waals surface area contributed by atoms with E-state index >= 15 is 0 Å². The quantitative estimate of drug-likeness (QED) is 0.922. The molecule has 0 radical (unpaired) electrons. The van der Waals surface area contributed by atoms with Gasteiger partial charge < -0.3 is 14.7 Å². The molecule has 0 bridgehead atoms. The molecule has 1 saturated heterocycles. The maximum atomic E-state index is 13.2. The molecular formula is C16H19F2NO4. The van der Waals surface area contributed by atoms with Gasteiger partial charge in [-0.25, -0.2) is 8.78 Å². The maximum absolute atomic E-state index is 13.2. The lowest BCUT2D eigenvalue weighted by atomic mass is 9.90. The zero-order valence-electron chi connectivity index (χ0n) is 13.0. The van der Waals surface area contributed by atoms with E-state index in [1.807, 2.05) is 0 Å². The second kappa shape index (κ2) is 6.93. The third-order valence-corrected chi connectivity index (χ3v) is 4.14. The molecule has 7 heteroatoms. The Morgan fingerprint density at radius 2 is 2.04 bits per heavy atom. The zero-order valence-corrected chi connectivity index (χ0v) is 13.0. The number of likely N-dealkylation sites (tertiary alicyclic amines) is 1. The molecule has 23 heavy (non-hydrogen) atoms. The van der Waals surface area contributed by atoms with Crippen molar-refractivity contribution in [2.45, 2.75) is 38.8 Å². The number of ether oxygens (including phenoxy) is 1.